The molecule has 1 fully saturated rings. The van der Waals surface area contributed by atoms with Crippen LogP contribution >= 0.6 is 11.6 Å². The summed E-state index contributed by atoms with van der Waals surface area (Å²) in [4.78, 5) is 4.98. The highest BCUT2D eigenvalue weighted by Gasteiger charge is 2.19. The highest BCUT2D eigenvalue weighted by Crippen LogP contribution is 2.21. The first-order chi connectivity index (χ1) is 13.9. The Morgan fingerprint density at radius 3 is 2.41 bits per heavy atom. The molecule has 0 aromatic heterocycles. The molecular formula is C21H28ClN3O3S. The first-order valence-electron chi connectivity index (χ1n) is 9.76. The predicted molar refractivity (Wildman–Crippen MR) is 118 cm³/mol. The number of anilines is 1. The summed E-state index contributed by atoms with van der Waals surface area (Å²) in [5.41, 5.74) is 1.90. The number of halogens is 1. The Balaban J connectivity index is 1.42. The lowest BCUT2D eigenvalue weighted by molar-refractivity contribution is 0.255. The number of hydrogen-bond acceptors (Lipinski definition) is 5. The van der Waals surface area contributed by atoms with Crippen molar-refractivity contribution in [2.75, 3.05) is 51.3 Å². The Kier molecular flexibility index (Phi) is 7.40. The molecule has 1 aliphatic heterocycles. The molecule has 0 atom stereocenters. The zero-order valence-electron chi connectivity index (χ0n) is 16.9. The van der Waals surface area contributed by atoms with Gasteiger partial charge in [-0.2, -0.15) is 0 Å². The lowest BCUT2D eigenvalue weighted by Crippen LogP contribution is -2.47. The molecule has 1 N–H and O–H groups in total. The molecule has 1 saturated heterocycles. The van der Waals surface area contributed by atoms with E-state index in [0.717, 1.165) is 44.9 Å². The Morgan fingerprint density at radius 1 is 1.07 bits per heavy atom. The molecular weight excluding hydrogens is 410 g/mol. The van der Waals surface area contributed by atoms with Crippen molar-refractivity contribution in [1.29, 1.82) is 0 Å². The molecule has 8 heteroatoms. The second-order valence-electron chi connectivity index (χ2n) is 7.19. The van der Waals surface area contributed by atoms with E-state index in [1.165, 1.54) is 11.8 Å². The Labute approximate surface area is 178 Å². The highest BCUT2D eigenvalue weighted by atomic mass is 35.5. The average molecular weight is 438 g/mol. The molecule has 0 amide bonds. The molecule has 158 valence electrons. The Bertz CT molecular complexity index is 911. The van der Waals surface area contributed by atoms with Crippen LogP contribution in [0.2, 0.25) is 5.02 Å². The van der Waals surface area contributed by atoms with Crippen LogP contribution in [0.15, 0.2) is 47.4 Å². The summed E-state index contributed by atoms with van der Waals surface area (Å²) in [6.45, 7) is 6.89. The van der Waals surface area contributed by atoms with Gasteiger partial charge in [-0.1, -0.05) is 17.7 Å². The van der Waals surface area contributed by atoms with Crippen molar-refractivity contribution in [2.45, 2.75) is 18.2 Å². The monoisotopic (exact) mass is 437 g/mol. The quantitative estimate of drug-likeness (QED) is 0.643. The third-order valence-electron chi connectivity index (χ3n) is 5.19. The topological polar surface area (TPSA) is 61.9 Å². The number of methoxy groups -OCH3 is 1. The fraction of sp³-hybridized carbons (Fsp3) is 0.429. The molecule has 1 heterocycles. The fourth-order valence-corrected chi connectivity index (χ4v) is 5.05. The second-order valence-corrected chi connectivity index (χ2v) is 9.36. The molecule has 2 aromatic carbocycles. The molecule has 1 aliphatic rings. The molecule has 6 nitrogen and oxygen atoms in total. The van der Waals surface area contributed by atoms with E-state index in [2.05, 4.69) is 26.7 Å². The summed E-state index contributed by atoms with van der Waals surface area (Å²) in [5.74, 6) is 0.864. The Morgan fingerprint density at radius 2 is 1.76 bits per heavy atom. The minimum atomic E-state index is -3.54. The van der Waals surface area contributed by atoms with Crippen LogP contribution in [0.4, 0.5) is 5.69 Å². The van der Waals surface area contributed by atoms with E-state index < -0.39 is 10.0 Å². The average Bonchev–Trinajstić information content (AvgIpc) is 2.73. The number of rotatable bonds is 8. The van der Waals surface area contributed by atoms with Crippen molar-refractivity contribution in [1.82, 2.24) is 9.62 Å². The predicted octanol–water partition coefficient (Wildman–Crippen LogP) is 3.15. The molecule has 29 heavy (non-hydrogen) atoms. The van der Waals surface area contributed by atoms with Crippen LogP contribution < -0.4 is 14.4 Å². The fourth-order valence-electron chi connectivity index (χ4n) is 3.47. The molecule has 0 bridgehead atoms. The van der Waals surface area contributed by atoms with E-state index in [1.807, 2.05) is 12.1 Å². The lowest BCUT2D eigenvalue weighted by atomic mass is 10.2. The maximum atomic E-state index is 12.5. The SMILES string of the molecule is COc1ccc(N2CCN(CCCNS(=O)(=O)c3cc(Cl)ccc3C)CC2)cc1. The summed E-state index contributed by atoms with van der Waals surface area (Å²) in [6.07, 6.45) is 0.765. The number of sulfonamides is 1. The van der Waals surface area contributed by atoms with Crippen molar-refractivity contribution in [3.63, 3.8) is 0 Å². The first-order valence-corrected chi connectivity index (χ1v) is 11.6. The number of hydrogen-bond donors (Lipinski definition) is 1. The van der Waals surface area contributed by atoms with Gasteiger partial charge >= 0.3 is 0 Å². The number of nitrogens with zero attached hydrogens (tertiary/aromatic N) is 2. The van der Waals surface area contributed by atoms with Gasteiger partial charge in [-0.05, 0) is 61.9 Å². The van der Waals surface area contributed by atoms with Crippen LogP contribution in [0, 0.1) is 6.92 Å². The van der Waals surface area contributed by atoms with Crippen molar-refractivity contribution in [2.24, 2.45) is 0 Å². The number of benzene rings is 2. The number of piperazine rings is 1. The van der Waals surface area contributed by atoms with Gasteiger partial charge in [0.25, 0.3) is 0 Å². The molecule has 0 saturated carbocycles. The number of nitrogens with one attached hydrogen (secondary N) is 1. The third kappa shape index (κ3) is 5.85. The molecule has 0 aliphatic carbocycles. The van der Waals surface area contributed by atoms with Gasteiger partial charge in [-0.3, -0.25) is 4.90 Å². The smallest absolute Gasteiger partial charge is 0.240 e. The lowest BCUT2D eigenvalue weighted by Gasteiger charge is -2.36. The normalized spacial score (nSPS) is 15.5. The molecule has 2 aromatic rings. The first kappa shape index (κ1) is 21.9. The van der Waals surface area contributed by atoms with E-state index in [9.17, 15) is 8.42 Å². The maximum Gasteiger partial charge on any atom is 0.240 e. The van der Waals surface area contributed by atoms with Crippen molar-refractivity contribution in [3.8, 4) is 5.75 Å². The molecule has 3 rings (SSSR count). The van der Waals surface area contributed by atoms with Gasteiger partial charge in [0.2, 0.25) is 10.0 Å². The summed E-state index contributed by atoms with van der Waals surface area (Å²) < 4.78 is 32.9. The van der Waals surface area contributed by atoms with Crippen molar-refractivity contribution >= 4 is 27.3 Å². The van der Waals surface area contributed by atoms with Crippen molar-refractivity contribution in [3.05, 3.63) is 53.1 Å². The standard InChI is InChI=1S/C21H28ClN3O3S/c1-17-4-5-18(22)16-21(17)29(26,27)23-10-3-11-24-12-14-25(15-13-24)19-6-8-20(28-2)9-7-19/h4-9,16,23H,3,10-15H2,1-2H3. The van der Waals surface area contributed by atoms with E-state index in [-0.39, 0.29) is 4.90 Å². The van der Waals surface area contributed by atoms with E-state index in [1.54, 1.807) is 26.2 Å². The van der Waals surface area contributed by atoms with Gasteiger partial charge in [0.05, 0.1) is 12.0 Å². The van der Waals surface area contributed by atoms with Crippen LogP contribution in [0.3, 0.4) is 0 Å². The second kappa shape index (κ2) is 9.80. The van der Waals surface area contributed by atoms with Gasteiger partial charge in [0.1, 0.15) is 5.75 Å². The van der Waals surface area contributed by atoms with Gasteiger partial charge < -0.3 is 9.64 Å². The van der Waals surface area contributed by atoms with Gasteiger partial charge in [0, 0.05) is 43.4 Å². The minimum absolute atomic E-state index is 0.248. The van der Waals surface area contributed by atoms with Gasteiger partial charge in [-0.25, -0.2) is 13.1 Å². The summed E-state index contributed by atoms with van der Waals surface area (Å²) in [6, 6.07) is 13.0. The minimum Gasteiger partial charge on any atom is -0.497 e. The van der Waals surface area contributed by atoms with Crippen LogP contribution in [-0.2, 0) is 10.0 Å². The molecule has 0 spiro atoms. The van der Waals surface area contributed by atoms with Gasteiger partial charge in [-0.15, -0.1) is 0 Å². The van der Waals surface area contributed by atoms with Crippen molar-refractivity contribution < 1.29 is 13.2 Å². The summed E-state index contributed by atoms with van der Waals surface area (Å²) in [5, 5.41) is 0.422. The van der Waals surface area contributed by atoms with Crippen LogP contribution in [-0.4, -0.2) is 59.7 Å². The van der Waals surface area contributed by atoms with E-state index in [4.69, 9.17) is 16.3 Å². The molecule has 0 radical (unpaired) electrons. The van der Waals surface area contributed by atoms with Crippen LogP contribution in [0.25, 0.3) is 0 Å². The summed E-state index contributed by atoms with van der Waals surface area (Å²) in [7, 11) is -1.87. The van der Waals surface area contributed by atoms with Crippen LogP contribution in [0.5, 0.6) is 5.75 Å². The number of aryl methyl sites for hydroxylation is 1. The largest absolute Gasteiger partial charge is 0.497 e. The third-order valence-corrected chi connectivity index (χ3v) is 7.03. The zero-order chi connectivity index (χ0) is 20.9. The molecule has 0 unspecified atom stereocenters. The maximum absolute atomic E-state index is 12.5. The van der Waals surface area contributed by atoms with E-state index >= 15 is 0 Å². The Hall–Kier alpha value is -1.80. The summed E-state index contributed by atoms with van der Waals surface area (Å²) >= 11 is 5.95. The zero-order valence-corrected chi connectivity index (χ0v) is 18.5. The highest BCUT2D eigenvalue weighted by molar-refractivity contribution is 7.89. The van der Waals surface area contributed by atoms with Gasteiger partial charge in [0.15, 0.2) is 0 Å². The van der Waals surface area contributed by atoms with E-state index in [0.29, 0.717) is 17.1 Å². The number of ether oxygens (including phenoxy) is 1. The van der Waals surface area contributed by atoms with Crippen LogP contribution in [0.1, 0.15) is 12.0 Å².